The quantitative estimate of drug-likeness (QED) is 0.710. The Kier molecular flexibility index (Phi) is 5.68. The number of carbonyl (C=O) groups excluding carboxylic acids is 2. The summed E-state index contributed by atoms with van der Waals surface area (Å²) in [7, 11) is 0. The summed E-state index contributed by atoms with van der Waals surface area (Å²) in [6.45, 7) is 4.65. The predicted octanol–water partition coefficient (Wildman–Crippen LogP) is 2.49. The third kappa shape index (κ3) is 4.18. The lowest BCUT2D eigenvalue weighted by Gasteiger charge is -2.30. The summed E-state index contributed by atoms with van der Waals surface area (Å²) in [6, 6.07) is 4.52. The third-order valence-electron chi connectivity index (χ3n) is 5.20. The monoisotopic (exact) mass is 347 g/mol. The van der Waals surface area contributed by atoms with Crippen molar-refractivity contribution in [2.75, 3.05) is 25.0 Å². The van der Waals surface area contributed by atoms with Crippen molar-refractivity contribution in [1.29, 1.82) is 0 Å². The molecule has 1 aromatic carbocycles. The van der Waals surface area contributed by atoms with Gasteiger partial charge in [0.05, 0.1) is 5.92 Å². The number of nitrogens with one attached hydrogen (secondary N) is 2. The van der Waals surface area contributed by atoms with E-state index in [0.29, 0.717) is 36.0 Å². The largest absolute Gasteiger partial charge is 0.339 e. The Morgan fingerprint density at radius 1 is 1.44 bits per heavy atom. The first-order chi connectivity index (χ1) is 12.1. The summed E-state index contributed by atoms with van der Waals surface area (Å²) in [5, 5.41) is 5.95. The Bertz CT molecular complexity index is 627. The Morgan fingerprint density at radius 3 is 2.84 bits per heavy atom. The fraction of sp³-hybridized carbons (Fsp3) is 0.579. The molecule has 2 amide bonds. The maximum Gasteiger partial charge on any atom is 0.230 e. The Labute approximate surface area is 148 Å². The lowest BCUT2D eigenvalue weighted by molar-refractivity contribution is -0.134. The lowest BCUT2D eigenvalue weighted by Crippen LogP contribution is -2.40. The Morgan fingerprint density at radius 2 is 2.24 bits per heavy atom. The first-order valence-electron chi connectivity index (χ1n) is 9.14. The summed E-state index contributed by atoms with van der Waals surface area (Å²) in [6.07, 6.45) is 4.32. The molecule has 1 heterocycles. The summed E-state index contributed by atoms with van der Waals surface area (Å²) >= 11 is 0. The summed E-state index contributed by atoms with van der Waals surface area (Å²) in [4.78, 5) is 26.1. The van der Waals surface area contributed by atoms with Crippen LogP contribution in [-0.2, 0) is 9.59 Å². The van der Waals surface area contributed by atoms with Crippen molar-refractivity contribution in [1.82, 2.24) is 10.2 Å². The molecule has 1 saturated carbocycles. The van der Waals surface area contributed by atoms with Gasteiger partial charge in [0.15, 0.2) is 0 Å². The fourth-order valence-electron chi connectivity index (χ4n) is 3.70. The van der Waals surface area contributed by atoms with Crippen LogP contribution in [0.25, 0.3) is 0 Å². The number of amides is 2. The second-order valence-corrected chi connectivity index (χ2v) is 7.04. The van der Waals surface area contributed by atoms with Crippen molar-refractivity contribution >= 4 is 18.0 Å². The van der Waals surface area contributed by atoms with Crippen LogP contribution in [0.15, 0.2) is 18.2 Å². The summed E-state index contributed by atoms with van der Waals surface area (Å²) in [5.74, 6) is -0.289. The number of benzene rings is 1. The predicted molar refractivity (Wildman–Crippen MR) is 94.8 cm³/mol. The molecular weight excluding hydrogens is 321 g/mol. The van der Waals surface area contributed by atoms with Gasteiger partial charge in [-0.3, -0.25) is 9.59 Å². The second kappa shape index (κ2) is 7.95. The van der Waals surface area contributed by atoms with Crippen LogP contribution >= 0.6 is 0 Å². The smallest absolute Gasteiger partial charge is 0.230 e. The topological polar surface area (TPSA) is 61.4 Å². The van der Waals surface area contributed by atoms with Gasteiger partial charge >= 0.3 is 0 Å². The van der Waals surface area contributed by atoms with Crippen LogP contribution in [0, 0.1) is 11.7 Å². The Hall–Kier alpha value is -1.95. The lowest BCUT2D eigenvalue weighted by atomic mass is 9.92. The van der Waals surface area contributed by atoms with Crippen LogP contribution in [-0.4, -0.2) is 42.9 Å². The average molecular weight is 347 g/mol. The van der Waals surface area contributed by atoms with Crippen LogP contribution in [0.4, 0.5) is 10.1 Å². The van der Waals surface area contributed by atoms with E-state index in [-0.39, 0.29) is 5.91 Å². The first-order valence-corrected chi connectivity index (χ1v) is 9.14. The molecule has 1 saturated heterocycles. The Balaban J connectivity index is 1.84. The van der Waals surface area contributed by atoms with Gasteiger partial charge in [-0.25, -0.2) is 4.39 Å². The highest BCUT2D eigenvalue weighted by molar-refractivity contribution is 5.87. The molecule has 2 atom stereocenters. The normalized spacial score (nSPS) is 21.0. The number of hydrogen-bond donors (Lipinski definition) is 2. The van der Waals surface area contributed by atoms with E-state index < -0.39 is 11.7 Å². The molecule has 0 radical (unpaired) electrons. The fourth-order valence-corrected chi connectivity index (χ4v) is 3.70. The molecule has 0 bridgehead atoms. The molecule has 2 aliphatic rings. The maximum atomic E-state index is 13.8. The standard InChI is InChI=1S/C19H26FN3O2/c1-2-16(17-9-14(20)3-6-18(17)22-12-24)19(25)23(15-4-5-15)11-13-7-8-21-10-13/h3,6,9,12-13,15-16,21H,2,4-5,7-8,10-11H2,1H3,(H,22,24). The van der Waals surface area contributed by atoms with Gasteiger partial charge in [-0.05, 0) is 68.5 Å². The van der Waals surface area contributed by atoms with Gasteiger partial charge in [0.25, 0.3) is 0 Å². The second-order valence-electron chi connectivity index (χ2n) is 7.04. The molecule has 6 heteroatoms. The van der Waals surface area contributed by atoms with Crippen molar-refractivity contribution in [2.45, 2.75) is 44.6 Å². The molecule has 25 heavy (non-hydrogen) atoms. The first kappa shape index (κ1) is 17.9. The highest BCUT2D eigenvalue weighted by Gasteiger charge is 2.38. The van der Waals surface area contributed by atoms with Crippen molar-refractivity contribution in [3.05, 3.63) is 29.6 Å². The van der Waals surface area contributed by atoms with Crippen LogP contribution in [0.5, 0.6) is 0 Å². The molecule has 2 fully saturated rings. The van der Waals surface area contributed by atoms with E-state index >= 15 is 0 Å². The van der Waals surface area contributed by atoms with Gasteiger partial charge < -0.3 is 15.5 Å². The molecule has 3 rings (SSSR count). The van der Waals surface area contributed by atoms with E-state index in [2.05, 4.69) is 10.6 Å². The zero-order valence-corrected chi connectivity index (χ0v) is 14.6. The number of rotatable bonds is 8. The van der Waals surface area contributed by atoms with Gasteiger partial charge in [0.2, 0.25) is 12.3 Å². The molecule has 1 aliphatic carbocycles. The van der Waals surface area contributed by atoms with Crippen LogP contribution in [0.2, 0.25) is 0 Å². The zero-order chi connectivity index (χ0) is 17.8. The van der Waals surface area contributed by atoms with Crippen LogP contribution < -0.4 is 10.6 Å². The van der Waals surface area contributed by atoms with E-state index in [4.69, 9.17) is 0 Å². The summed E-state index contributed by atoms with van der Waals surface area (Å²) < 4.78 is 13.8. The van der Waals surface area contributed by atoms with E-state index in [0.717, 1.165) is 38.9 Å². The molecule has 1 aliphatic heterocycles. The van der Waals surface area contributed by atoms with Crippen molar-refractivity contribution < 1.29 is 14.0 Å². The molecule has 0 aromatic heterocycles. The van der Waals surface area contributed by atoms with E-state index in [1.54, 1.807) is 0 Å². The minimum absolute atomic E-state index is 0.0523. The highest BCUT2D eigenvalue weighted by atomic mass is 19.1. The minimum atomic E-state index is -0.437. The van der Waals surface area contributed by atoms with E-state index in [1.807, 2.05) is 11.8 Å². The van der Waals surface area contributed by atoms with Crippen molar-refractivity contribution in [2.24, 2.45) is 5.92 Å². The van der Waals surface area contributed by atoms with Gasteiger partial charge in [-0.15, -0.1) is 0 Å². The molecule has 136 valence electrons. The third-order valence-corrected chi connectivity index (χ3v) is 5.20. The molecular formula is C19H26FN3O2. The van der Waals surface area contributed by atoms with Gasteiger partial charge in [0, 0.05) is 18.3 Å². The van der Waals surface area contributed by atoms with Gasteiger partial charge in [-0.2, -0.15) is 0 Å². The SMILES string of the molecule is CCC(C(=O)N(CC1CCNC1)C1CC1)c1cc(F)ccc1NC=O. The van der Waals surface area contributed by atoms with Crippen LogP contribution in [0.1, 0.15) is 44.1 Å². The number of nitrogens with zero attached hydrogens (tertiary/aromatic N) is 1. The van der Waals surface area contributed by atoms with Gasteiger partial charge in [0.1, 0.15) is 5.82 Å². The molecule has 0 spiro atoms. The van der Waals surface area contributed by atoms with Gasteiger partial charge in [-0.1, -0.05) is 6.92 Å². The van der Waals surface area contributed by atoms with Crippen LogP contribution in [0.3, 0.4) is 0 Å². The zero-order valence-electron chi connectivity index (χ0n) is 14.6. The number of carbonyl (C=O) groups is 2. The van der Waals surface area contributed by atoms with Crippen molar-refractivity contribution in [3.63, 3.8) is 0 Å². The van der Waals surface area contributed by atoms with E-state index in [9.17, 15) is 14.0 Å². The highest BCUT2D eigenvalue weighted by Crippen LogP contribution is 2.35. The summed E-state index contributed by atoms with van der Waals surface area (Å²) in [5.41, 5.74) is 1.07. The van der Waals surface area contributed by atoms with E-state index in [1.165, 1.54) is 18.2 Å². The maximum absolute atomic E-state index is 13.8. The molecule has 1 aromatic rings. The minimum Gasteiger partial charge on any atom is -0.339 e. The number of anilines is 1. The average Bonchev–Trinajstić information content (AvgIpc) is 3.31. The number of halogens is 1. The number of hydrogen-bond acceptors (Lipinski definition) is 3. The van der Waals surface area contributed by atoms with Crippen molar-refractivity contribution in [3.8, 4) is 0 Å². The molecule has 5 nitrogen and oxygen atoms in total. The molecule has 2 N–H and O–H groups in total. The molecule has 2 unspecified atom stereocenters.